The molecular formula is C12H14N2O2. The van der Waals surface area contributed by atoms with E-state index in [-0.39, 0.29) is 5.78 Å². The van der Waals surface area contributed by atoms with Gasteiger partial charge in [0.1, 0.15) is 6.26 Å². The second-order valence-corrected chi connectivity index (χ2v) is 3.88. The van der Waals surface area contributed by atoms with Crippen molar-refractivity contribution in [3.63, 3.8) is 0 Å². The number of nitrogens with zero attached hydrogens (tertiary/aromatic N) is 2. The highest BCUT2D eigenvalue weighted by Crippen LogP contribution is 2.15. The van der Waals surface area contributed by atoms with E-state index in [1.54, 1.807) is 10.7 Å². The number of ketones is 1. The second kappa shape index (κ2) is 3.96. The molecule has 4 heteroatoms. The van der Waals surface area contributed by atoms with Crippen molar-refractivity contribution in [3.05, 3.63) is 41.1 Å². The Bertz CT molecular complexity index is 509. The summed E-state index contributed by atoms with van der Waals surface area (Å²) in [5, 5.41) is 4.29. The van der Waals surface area contributed by atoms with E-state index >= 15 is 0 Å². The van der Waals surface area contributed by atoms with Crippen LogP contribution in [0.5, 0.6) is 0 Å². The Morgan fingerprint density at radius 2 is 2.25 bits per heavy atom. The summed E-state index contributed by atoms with van der Waals surface area (Å²) in [5.41, 5.74) is 3.57. The molecule has 4 nitrogen and oxygen atoms in total. The van der Waals surface area contributed by atoms with Crippen LogP contribution in [0.2, 0.25) is 0 Å². The Balaban J connectivity index is 2.25. The lowest BCUT2D eigenvalue weighted by Gasteiger charge is -1.99. The average Bonchev–Trinajstić information content (AvgIpc) is 2.83. The molecule has 0 spiro atoms. The molecule has 0 fully saturated rings. The van der Waals surface area contributed by atoms with E-state index in [4.69, 9.17) is 4.42 Å². The van der Waals surface area contributed by atoms with Crippen molar-refractivity contribution in [1.29, 1.82) is 0 Å². The van der Waals surface area contributed by atoms with Crippen molar-refractivity contribution < 1.29 is 9.21 Å². The first-order valence-electron chi connectivity index (χ1n) is 5.14. The first-order chi connectivity index (χ1) is 7.59. The van der Waals surface area contributed by atoms with Crippen LogP contribution in [0.15, 0.2) is 23.0 Å². The van der Waals surface area contributed by atoms with Gasteiger partial charge in [0.15, 0.2) is 5.78 Å². The van der Waals surface area contributed by atoms with Crippen molar-refractivity contribution in [2.75, 3.05) is 0 Å². The molecular weight excluding hydrogens is 204 g/mol. The number of carbonyl (C=O) groups is 1. The fraction of sp³-hybridized carbons (Fsp3) is 0.333. The Morgan fingerprint density at radius 1 is 1.50 bits per heavy atom. The maximum atomic E-state index is 11.9. The summed E-state index contributed by atoms with van der Waals surface area (Å²) in [6, 6.07) is 1.68. The molecule has 0 saturated carbocycles. The molecule has 0 amide bonds. The third-order valence-electron chi connectivity index (χ3n) is 2.84. The highest BCUT2D eigenvalue weighted by atomic mass is 16.3. The lowest BCUT2D eigenvalue weighted by molar-refractivity contribution is 0.0992. The van der Waals surface area contributed by atoms with Crippen LogP contribution in [0.25, 0.3) is 0 Å². The fourth-order valence-electron chi connectivity index (χ4n) is 1.76. The molecule has 2 aromatic heterocycles. The molecule has 0 saturated heterocycles. The Morgan fingerprint density at radius 3 is 2.75 bits per heavy atom. The molecule has 16 heavy (non-hydrogen) atoms. The predicted molar refractivity (Wildman–Crippen MR) is 59.4 cm³/mol. The van der Waals surface area contributed by atoms with Crippen LogP contribution in [0.4, 0.5) is 0 Å². The van der Waals surface area contributed by atoms with Crippen molar-refractivity contribution in [1.82, 2.24) is 9.78 Å². The Kier molecular flexibility index (Phi) is 2.64. The molecule has 0 aliphatic rings. The molecule has 0 radical (unpaired) electrons. The van der Waals surface area contributed by atoms with Gasteiger partial charge in [0.2, 0.25) is 0 Å². The molecule has 2 rings (SSSR count). The van der Waals surface area contributed by atoms with Crippen molar-refractivity contribution in [2.45, 2.75) is 20.3 Å². The van der Waals surface area contributed by atoms with Crippen LogP contribution in [-0.4, -0.2) is 15.6 Å². The topological polar surface area (TPSA) is 48.0 Å². The summed E-state index contributed by atoms with van der Waals surface area (Å²) in [6.07, 6.45) is 3.37. The van der Waals surface area contributed by atoms with Crippen molar-refractivity contribution >= 4 is 5.78 Å². The number of furan rings is 1. The van der Waals surface area contributed by atoms with E-state index in [2.05, 4.69) is 5.10 Å². The van der Waals surface area contributed by atoms with Gasteiger partial charge in [0.05, 0.1) is 17.5 Å². The molecule has 2 aromatic rings. The third kappa shape index (κ3) is 1.78. The first kappa shape index (κ1) is 10.7. The van der Waals surface area contributed by atoms with Gasteiger partial charge in [-0.2, -0.15) is 5.10 Å². The minimum atomic E-state index is 0.0629. The SMILES string of the molecule is Cc1nn(C)c(C)c1CC(=O)c1ccoc1. The van der Waals surface area contributed by atoms with E-state index in [0.717, 1.165) is 17.0 Å². The minimum absolute atomic E-state index is 0.0629. The lowest BCUT2D eigenvalue weighted by Crippen LogP contribution is -2.04. The van der Waals surface area contributed by atoms with E-state index < -0.39 is 0 Å². The number of aryl methyl sites for hydroxylation is 2. The Hall–Kier alpha value is -1.84. The van der Waals surface area contributed by atoms with Crippen LogP contribution in [0.1, 0.15) is 27.3 Å². The molecule has 0 N–H and O–H groups in total. The standard InChI is InChI=1S/C12H14N2O2/c1-8-11(9(2)14(3)13-8)6-12(15)10-4-5-16-7-10/h4-5,7H,6H2,1-3H3. The summed E-state index contributed by atoms with van der Waals surface area (Å²) >= 11 is 0. The van der Waals surface area contributed by atoms with Crippen LogP contribution in [0.3, 0.4) is 0 Å². The van der Waals surface area contributed by atoms with Gasteiger partial charge in [-0.1, -0.05) is 0 Å². The first-order valence-corrected chi connectivity index (χ1v) is 5.14. The fourth-order valence-corrected chi connectivity index (χ4v) is 1.76. The number of hydrogen-bond donors (Lipinski definition) is 0. The summed E-state index contributed by atoms with van der Waals surface area (Å²) in [7, 11) is 1.88. The zero-order valence-corrected chi connectivity index (χ0v) is 9.65. The van der Waals surface area contributed by atoms with Crippen molar-refractivity contribution in [2.24, 2.45) is 7.05 Å². The van der Waals surface area contributed by atoms with Crippen LogP contribution in [-0.2, 0) is 13.5 Å². The normalized spacial score (nSPS) is 10.7. The average molecular weight is 218 g/mol. The third-order valence-corrected chi connectivity index (χ3v) is 2.84. The molecule has 0 unspecified atom stereocenters. The summed E-state index contributed by atoms with van der Waals surface area (Å²) < 4.78 is 6.70. The van der Waals surface area contributed by atoms with Gasteiger partial charge in [-0.05, 0) is 19.9 Å². The van der Waals surface area contributed by atoms with E-state index in [1.165, 1.54) is 12.5 Å². The van der Waals surface area contributed by atoms with E-state index in [9.17, 15) is 4.79 Å². The van der Waals surface area contributed by atoms with Crippen LogP contribution in [0, 0.1) is 13.8 Å². The minimum Gasteiger partial charge on any atom is -0.472 e. The predicted octanol–water partition coefficient (Wildman–Crippen LogP) is 2.06. The quantitative estimate of drug-likeness (QED) is 0.741. The van der Waals surface area contributed by atoms with Crippen LogP contribution >= 0.6 is 0 Å². The second-order valence-electron chi connectivity index (χ2n) is 3.88. The maximum absolute atomic E-state index is 11.9. The number of Topliss-reactive ketones (excluding diaryl/α,β-unsaturated/α-hetero) is 1. The smallest absolute Gasteiger partial charge is 0.170 e. The highest BCUT2D eigenvalue weighted by molar-refractivity contribution is 5.97. The molecule has 0 aromatic carbocycles. The molecule has 2 heterocycles. The van der Waals surface area contributed by atoms with Gasteiger partial charge in [-0.25, -0.2) is 0 Å². The van der Waals surface area contributed by atoms with Gasteiger partial charge < -0.3 is 4.42 Å². The van der Waals surface area contributed by atoms with Gasteiger partial charge in [-0.15, -0.1) is 0 Å². The van der Waals surface area contributed by atoms with Crippen LogP contribution < -0.4 is 0 Å². The number of carbonyl (C=O) groups excluding carboxylic acids is 1. The van der Waals surface area contributed by atoms with Gasteiger partial charge >= 0.3 is 0 Å². The number of rotatable bonds is 3. The van der Waals surface area contributed by atoms with Gasteiger partial charge in [0, 0.05) is 24.7 Å². The molecule has 84 valence electrons. The van der Waals surface area contributed by atoms with E-state index in [1.807, 2.05) is 20.9 Å². The summed E-state index contributed by atoms with van der Waals surface area (Å²) in [4.78, 5) is 11.9. The molecule has 0 aliphatic carbocycles. The number of hydrogen-bond acceptors (Lipinski definition) is 3. The van der Waals surface area contributed by atoms with Gasteiger partial charge in [0.25, 0.3) is 0 Å². The Labute approximate surface area is 93.9 Å². The van der Waals surface area contributed by atoms with Crippen molar-refractivity contribution in [3.8, 4) is 0 Å². The lowest BCUT2D eigenvalue weighted by atomic mass is 10.0. The summed E-state index contributed by atoms with van der Waals surface area (Å²) in [5.74, 6) is 0.0629. The summed E-state index contributed by atoms with van der Waals surface area (Å²) in [6.45, 7) is 3.89. The molecule has 0 atom stereocenters. The molecule has 0 aliphatic heterocycles. The largest absolute Gasteiger partial charge is 0.472 e. The van der Waals surface area contributed by atoms with Gasteiger partial charge in [-0.3, -0.25) is 9.48 Å². The zero-order valence-electron chi connectivity index (χ0n) is 9.65. The number of aromatic nitrogens is 2. The maximum Gasteiger partial charge on any atom is 0.170 e. The monoisotopic (exact) mass is 218 g/mol. The zero-order chi connectivity index (χ0) is 11.7. The molecule has 0 bridgehead atoms. The van der Waals surface area contributed by atoms with E-state index in [0.29, 0.717) is 12.0 Å². The highest BCUT2D eigenvalue weighted by Gasteiger charge is 2.15.